The zero-order chi connectivity index (χ0) is 27.0. The molecule has 3 aromatic rings. The van der Waals surface area contributed by atoms with E-state index in [9.17, 15) is 22.4 Å². The molecule has 0 saturated heterocycles. The minimum Gasteiger partial charge on any atom is -0.354 e. The fraction of sp³-hybridized carbons (Fsp3) is 0.259. The van der Waals surface area contributed by atoms with Crippen molar-refractivity contribution in [1.82, 2.24) is 10.2 Å². The van der Waals surface area contributed by atoms with E-state index < -0.39 is 34.3 Å². The normalized spacial score (nSPS) is 12.0. The average Bonchev–Trinajstić information content (AvgIpc) is 2.90. The number of amides is 2. The van der Waals surface area contributed by atoms with Gasteiger partial charge in [0, 0.05) is 17.6 Å². The number of halogens is 2. The van der Waals surface area contributed by atoms with Gasteiger partial charge in [0.05, 0.1) is 10.6 Å². The third kappa shape index (κ3) is 7.17. The molecule has 0 radical (unpaired) electrons. The van der Waals surface area contributed by atoms with Crippen molar-refractivity contribution >= 4 is 43.5 Å². The van der Waals surface area contributed by atoms with E-state index in [-0.39, 0.29) is 23.0 Å². The van der Waals surface area contributed by atoms with E-state index in [1.165, 1.54) is 35.2 Å². The maximum absolute atomic E-state index is 14.8. The molecular formula is C27H29BrFN3O4S. The number of hydrogen-bond acceptors (Lipinski definition) is 4. The fourth-order valence-corrected chi connectivity index (χ4v) is 5.36. The molecule has 0 aromatic heterocycles. The molecule has 0 heterocycles. The van der Waals surface area contributed by atoms with E-state index in [4.69, 9.17) is 0 Å². The number of nitrogens with zero attached hydrogens (tertiary/aromatic N) is 2. The Kier molecular flexibility index (Phi) is 9.82. The Morgan fingerprint density at radius 3 is 2.22 bits per heavy atom. The first kappa shape index (κ1) is 28.3. The summed E-state index contributed by atoms with van der Waals surface area (Å²) in [4.78, 5) is 27.8. The van der Waals surface area contributed by atoms with E-state index in [0.29, 0.717) is 6.54 Å². The number of carbonyl (C=O) groups is 2. The molecule has 2 amide bonds. The summed E-state index contributed by atoms with van der Waals surface area (Å²) in [5, 5.41) is 2.78. The Hall–Kier alpha value is -3.24. The summed E-state index contributed by atoms with van der Waals surface area (Å²) in [6, 6.07) is 19.2. The van der Waals surface area contributed by atoms with Crippen LogP contribution in [0.3, 0.4) is 0 Å². The number of carbonyl (C=O) groups excluding carboxylic acids is 2. The SMILES string of the molecule is CCCNC(=O)[C@@H](C)N(Cc1ccc(Br)cc1)C(=O)CN(c1ccccc1F)S(=O)(=O)c1ccccc1. The van der Waals surface area contributed by atoms with Crippen LogP contribution in [0.4, 0.5) is 10.1 Å². The second-order valence-electron chi connectivity index (χ2n) is 8.39. The van der Waals surface area contributed by atoms with Crippen LogP contribution >= 0.6 is 15.9 Å². The van der Waals surface area contributed by atoms with Crippen molar-refractivity contribution in [2.75, 3.05) is 17.4 Å². The van der Waals surface area contributed by atoms with Crippen LogP contribution in [-0.2, 0) is 26.2 Å². The number of hydrogen-bond donors (Lipinski definition) is 1. The Morgan fingerprint density at radius 2 is 1.59 bits per heavy atom. The van der Waals surface area contributed by atoms with Crippen molar-refractivity contribution in [3.05, 3.63) is 94.7 Å². The highest BCUT2D eigenvalue weighted by molar-refractivity contribution is 9.10. The lowest BCUT2D eigenvalue weighted by Gasteiger charge is -2.32. The van der Waals surface area contributed by atoms with Crippen LogP contribution in [0.5, 0.6) is 0 Å². The smallest absolute Gasteiger partial charge is 0.264 e. The van der Waals surface area contributed by atoms with Crippen LogP contribution in [0.1, 0.15) is 25.8 Å². The van der Waals surface area contributed by atoms with Crippen molar-refractivity contribution in [3.8, 4) is 0 Å². The summed E-state index contributed by atoms with van der Waals surface area (Å²) in [6.45, 7) is 3.30. The minimum atomic E-state index is -4.30. The number of benzene rings is 3. The van der Waals surface area contributed by atoms with Gasteiger partial charge in [-0.05, 0) is 55.3 Å². The van der Waals surface area contributed by atoms with E-state index in [1.54, 1.807) is 37.3 Å². The Bertz CT molecular complexity index is 1320. The van der Waals surface area contributed by atoms with Gasteiger partial charge in [-0.15, -0.1) is 0 Å². The molecule has 0 bridgehead atoms. The van der Waals surface area contributed by atoms with E-state index in [0.717, 1.165) is 26.8 Å². The van der Waals surface area contributed by atoms with Gasteiger partial charge in [-0.2, -0.15) is 0 Å². The molecule has 10 heteroatoms. The maximum atomic E-state index is 14.8. The molecule has 7 nitrogen and oxygen atoms in total. The molecule has 196 valence electrons. The quantitative estimate of drug-likeness (QED) is 0.350. The van der Waals surface area contributed by atoms with Gasteiger partial charge in [0.15, 0.2) is 0 Å². The third-order valence-corrected chi connectivity index (χ3v) is 8.02. The number of para-hydroxylation sites is 1. The van der Waals surface area contributed by atoms with Crippen molar-refractivity contribution < 1.29 is 22.4 Å². The van der Waals surface area contributed by atoms with Gasteiger partial charge in [-0.25, -0.2) is 12.8 Å². The molecule has 3 aromatic carbocycles. The third-order valence-electron chi connectivity index (χ3n) is 5.71. The summed E-state index contributed by atoms with van der Waals surface area (Å²) >= 11 is 3.38. The van der Waals surface area contributed by atoms with Crippen molar-refractivity contribution in [3.63, 3.8) is 0 Å². The molecule has 3 rings (SSSR count). The predicted molar refractivity (Wildman–Crippen MR) is 145 cm³/mol. The van der Waals surface area contributed by atoms with Crippen molar-refractivity contribution in [1.29, 1.82) is 0 Å². The van der Waals surface area contributed by atoms with Crippen molar-refractivity contribution in [2.24, 2.45) is 0 Å². The average molecular weight is 591 g/mol. The van der Waals surface area contributed by atoms with Gasteiger partial charge >= 0.3 is 0 Å². The lowest BCUT2D eigenvalue weighted by Crippen LogP contribution is -2.51. The van der Waals surface area contributed by atoms with Crippen LogP contribution in [0, 0.1) is 5.82 Å². The molecule has 37 heavy (non-hydrogen) atoms. The Balaban J connectivity index is 2.01. The molecule has 1 N–H and O–H groups in total. The number of sulfonamides is 1. The van der Waals surface area contributed by atoms with Crippen LogP contribution in [0.25, 0.3) is 0 Å². The summed E-state index contributed by atoms with van der Waals surface area (Å²) < 4.78 is 43.6. The van der Waals surface area contributed by atoms with Crippen molar-refractivity contribution in [2.45, 2.75) is 37.8 Å². The van der Waals surface area contributed by atoms with E-state index in [2.05, 4.69) is 21.2 Å². The number of rotatable bonds is 11. The maximum Gasteiger partial charge on any atom is 0.264 e. The Morgan fingerprint density at radius 1 is 0.973 bits per heavy atom. The number of anilines is 1. The Labute approximate surface area is 225 Å². The molecule has 0 aliphatic heterocycles. The molecule has 0 spiro atoms. The summed E-state index contributed by atoms with van der Waals surface area (Å²) in [6.07, 6.45) is 0.718. The fourth-order valence-electron chi connectivity index (χ4n) is 3.65. The topological polar surface area (TPSA) is 86.8 Å². The minimum absolute atomic E-state index is 0.0589. The van der Waals surface area contributed by atoms with Gasteiger partial charge in [0.1, 0.15) is 18.4 Å². The molecule has 0 aliphatic carbocycles. The monoisotopic (exact) mass is 589 g/mol. The highest BCUT2D eigenvalue weighted by Gasteiger charge is 2.33. The molecule has 0 saturated carbocycles. The predicted octanol–water partition coefficient (Wildman–Crippen LogP) is 4.73. The first-order chi connectivity index (χ1) is 17.6. The van der Waals surface area contributed by atoms with Crippen LogP contribution in [0.2, 0.25) is 0 Å². The van der Waals surface area contributed by atoms with E-state index in [1.807, 2.05) is 19.1 Å². The van der Waals surface area contributed by atoms with Gasteiger partial charge < -0.3 is 10.2 Å². The van der Waals surface area contributed by atoms with Gasteiger partial charge in [-0.3, -0.25) is 13.9 Å². The largest absolute Gasteiger partial charge is 0.354 e. The second-order valence-corrected chi connectivity index (χ2v) is 11.2. The van der Waals surface area contributed by atoms with Gasteiger partial charge in [0.25, 0.3) is 10.0 Å². The van der Waals surface area contributed by atoms with Crippen LogP contribution in [-0.4, -0.2) is 44.3 Å². The van der Waals surface area contributed by atoms with E-state index >= 15 is 0 Å². The molecule has 0 fully saturated rings. The van der Waals surface area contributed by atoms with Gasteiger partial charge in [0.2, 0.25) is 11.8 Å². The first-order valence-electron chi connectivity index (χ1n) is 11.8. The molecular weight excluding hydrogens is 561 g/mol. The molecule has 1 atom stereocenters. The summed E-state index contributed by atoms with van der Waals surface area (Å²) in [7, 11) is -4.30. The lowest BCUT2D eigenvalue weighted by atomic mass is 10.1. The van der Waals surface area contributed by atoms with Gasteiger partial charge in [-0.1, -0.05) is 65.3 Å². The van der Waals surface area contributed by atoms with Crippen LogP contribution < -0.4 is 9.62 Å². The first-order valence-corrected chi connectivity index (χ1v) is 14.0. The summed E-state index contributed by atoms with van der Waals surface area (Å²) in [5.41, 5.74) is 0.487. The molecule has 0 aliphatic rings. The van der Waals surface area contributed by atoms with Crippen LogP contribution in [0.15, 0.2) is 88.2 Å². The molecule has 0 unspecified atom stereocenters. The highest BCUT2D eigenvalue weighted by atomic mass is 79.9. The summed E-state index contributed by atoms with van der Waals surface area (Å²) in [5.74, 6) is -1.80. The zero-order valence-corrected chi connectivity index (χ0v) is 23.0. The highest BCUT2D eigenvalue weighted by Crippen LogP contribution is 2.27. The standard InChI is InChI=1S/C27H29BrFN3O4S/c1-3-17-30-27(34)20(2)31(18-21-13-15-22(28)16-14-21)26(33)19-32(25-12-8-7-11-24(25)29)37(35,36)23-9-5-4-6-10-23/h4-16,20H,3,17-19H2,1-2H3,(H,30,34)/t20-/m1/s1. The lowest BCUT2D eigenvalue weighted by molar-refractivity contribution is -0.139. The zero-order valence-electron chi connectivity index (χ0n) is 20.6. The number of nitrogens with one attached hydrogen (secondary N) is 1. The second kappa shape index (κ2) is 12.8.